The zero-order valence-corrected chi connectivity index (χ0v) is 22.2. The van der Waals surface area contributed by atoms with Gasteiger partial charge >= 0.3 is 5.97 Å². The first-order valence-electron chi connectivity index (χ1n) is 11.7. The number of carbonyl (C=O) groups excluding carboxylic acids is 1. The molecule has 38 heavy (non-hydrogen) atoms. The maximum absolute atomic E-state index is 13.5. The molecule has 5 aromatic rings. The van der Waals surface area contributed by atoms with Crippen molar-refractivity contribution < 1.29 is 9.53 Å². The molecule has 4 aromatic heterocycles. The lowest BCUT2D eigenvalue weighted by atomic mass is 10.0. The van der Waals surface area contributed by atoms with E-state index in [1.54, 1.807) is 35.8 Å². The number of thiophene rings is 1. The Balaban J connectivity index is 1.36. The second-order valence-corrected chi connectivity index (χ2v) is 10.3. The van der Waals surface area contributed by atoms with E-state index in [4.69, 9.17) is 27.9 Å². The van der Waals surface area contributed by atoms with Crippen molar-refractivity contribution >= 4 is 40.5 Å². The molecule has 13 heteroatoms. The third-order valence-corrected chi connectivity index (χ3v) is 7.80. The first-order chi connectivity index (χ1) is 18.4. The van der Waals surface area contributed by atoms with Crippen LogP contribution in [0.3, 0.4) is 0 Å². The van der Waals surface area contributed by atoms with Crippen molar-refractivity contribution in [1.82, 2.24) is 34.7 Å². The highest BCUT2D eigenvalue weighted by Gasteiger charge is 2.30. The molecule has 1 aromatic carbocycles. The molecule has 1 unspecified atom stereocenters. The van der Waals surface area contributed by atoms with E-state index in [9.17, 15) is 9.59 Å². The number of tetrazole rings is 1. The predicted octanol–water partition coefficient (Wildman–Crippen LogP) is 4.96. The number of fused-ring (bicyclic) bond motifs is 1. The summed E-state index contributed by atoms with van der Waals surface area (Å²) in [6.45, 7) is 2.06. The normalized spacial score (nSPS) is 14.6. The lowest BCUT2D eigenvalue weighted by molar-refractivity contribution is 0.0532. The van der Waals surface area contributed by atoms with Crippen LogP contribution < -0.4 is 5.56 Å². The molecule has 0 bridgehead atoms. The zero-order valence-electron chi connectivity index (χ0n) is 19.9. The molecular weight excluding hydrogens is 549 g/mol. The summed E-state index contributed by atoms with van der Waals surface area (Å²) in [6, 6.07) is 10.3. The topological polar surface area (TPSA) is 121 Å². The second kappa shape index (κ2) is 9.82. The van der Waals surface area contributed by atoms with Crippen LogP contribution in [0.15, 0.2) is 52.9 Å². The first-order valence-corrected chi connectivity index (χ1v) is 13.4. The molecule has 0 amide bonds. The number of esters is 1. The van der Waals surface area contributed by atoms with E-state index < -0.39 is 0 Å². The molecule has 0 aliphatic carbocycles. The largest absolute Gasteiger partial charge is 0.462 e. The molecule has 10 nitrogen and oxygen atoms in total. The maximum Gasteiger partial charge on any atom is 0.348 e. The number of nitrogens with one attached hydrogen (secondary N) is 1. The van der Waals surface area contributed by atoms with E-state index in [0.717, 1.165) is 22.4 Å². The van der Waals surface area contributed by atoms with Crippen LogP contribution in [0.2, 0.25) is 10.2 Å². The number of pyridine rings is 1. The Morgan fingerprint density at radius 2 is 2.08 bits per heavy atom. The molecule has 1 aliphatic rings. The van der Waals surface area contributed by atoms with Crippen molar-refractivity contribution in [2.24, 2.45) is 0 Å². The molecule has 0 saturated carbocycles. The molecule has 1 atom stereocenters. The number of hydrogen-bond acceptors (Lipinski definition) is 8. The monoisotopic (exact) mass is 567 g/mol. The number of H-pyrrole nitrogens is 1. The highest BCUT2D eigenvalue weighted by atomic mass is 35.5. The Labute approximate surface area is 229 Å². The molecule has 6 rings (SSSR count). The minimum Gasteiger partial charge on any atom is -0.462 e. The fourth-order valence-electron chi connectivity index (χ4n) is 4.73. The van der Waals surface area contributed by atoms with Gasteiger partial charge in [0.2, 0.25) is 0 Å². The lowest BCUT2D eigenvalue weighted by Crippen LogP contribution is -2.23. The van der Waals surface area contributed by atoms with Gasteiger partial charge in [-0.15, -0.1) is 16.4 Å². The van der Waals surface area contributed by atoms with Crippen molar-refractivity contribution in [1.29, 1.82) is 0 Å². The van der Waals surface area contributed by atoms with Crippen molar-refractivity contribution in [3.63, 3.8) is 0 Å². The van der Waals surface area contributed by atoms with Crippen LogP contribution in [-0.4, -0.2) is 47.3 Å². The van der Waals surface area contributed by atoms with Crippen LogP contribution in [0.5, 0.6) is 0 Å². The van der Waals surface area contributed by atoms with Gasteiger partial charge in [-0.25, -0.2) is 9.78 Å². The van der Waals surface area contributed by atoms with Crippen LogP contribution >= 0.6 is 34.5 Å². The standard InChI is InChI=1S/C25H19Cl2N7O3S/c1-2-37-25(36)20-8-14(11-38-20)24-29-22(23(27)30-24)19-6-4-16-7-13(9-21(35)34(16)19)17-10-15(26)3-5-18(17)33-12-28-31-32-33/h3,5,7-12,19H,2,4,6H2,1H3,(H,29,30). The van der Waals surface area contributed by atoms with Gasteiger partial charge in [-0.1, -0.05) is 23.2 Å². The number of carbonyl (C=O) groups is 1. The molecule has 1 aliphatic heterocycles. The number of aryl methyl sites for hydroxylation is 1. The van der Waals surface area contributed by atoms with Gasteiger partial charge in [0.15, 0.2) is 5.15 Å². The zero-order chi connectivity index (χ0) is 26.4. The number of nitrogens with zero attached hydrogens (tertiary/aromatic N) is 6. The number of aromatic nitrogens is 7. The van der Waals surface area contributed by atoms with Gasteiger partial charge in [-0.2, -0.15) is 4.68 Å². The number of aromatic amines is 1. The molecule has 0 radical (unpaired) electrons. The molecule has 0 spiro atoms. The Kier molecular flexibility index (Phi) is 6.34. The average molecular weight is 568 g/mol. The summed E-state index contributed by atoms with van der Waals surface area (Å²) in [7, 11) is 0. The fourth-order valence-corrected chi connectivity index (χ4v) is 5.94. The second-order valence-electron chi connectivity index (χ2n) is 8.62. The predicted molar refractivity (Wildman–Crippen MR) is 143 cm³/mol. The van der Waals surface area contributed by atoms with Crippen LogP contribution in [0.4, 0.5) is 0 Å². The third kappa shape index (κ3) is 4.32. The summed E-state index contributed by atoms with van der Waals surface area (Å²) in [5.74, 6) is 0.150. The SMILES string of the molecule is CCOC(=O)c1cc(-c2nc(Cl)c(C3CCc4cc(-c5cc(Cl)ccc5-n5cnnn5)cc(=O)n43)[nH]2)cs1. The van der Waals surface area contributed by atoms with Gasteiger partial charge in [-0.05, 0) is 66.1 Å². The minimum atomic E-state index is -0.378. The van der Waals surface area contributed by atoms with E-state index in [1.165, 1.54) is 22.3 Å². The van der Waals surface area contributed by atoms with Gasteiger partial charge in [0, 0.05) is 33.3 Å². The van der Waals surface area contributed by atoms with Crippen molar-refractivity contribution in [3.8, 4) is 28.2 Å². The van der Waals surface area contributed by atoms with E-state index in [0.29, 0.717) is 46.6 Å². The number of rotatable bonds is 6. The van der Waals surface area contributed by atoms with Crippen molar-refractivity contribution in [3.05, 3.63) is 84.9 Å². The number of benzene rings is 1. The average Bonchev–Trinajstić information content (AvgIpc) is 3.70. The van der Waals surface area contributed by atoms with Gasteiger partial charge < -0.3 is 14.3 Å². The van der Waals surface area contributed by atoms with Crippen molar-refractivity contribution in [2.75, 3.05) is 6.61 Å². The van der Waals surface area contributed by atoms with E-state index in [2.05, 4.69) is 25.5 Å². The number of halogens is 2. The highest BCUT2D eigenvalue weighted by Crippen LogP contribution is 2.37. The summed E-state index contributed by atoms with van der Waals surface area (Å²) < 4.78 is 8.35. The Bertz CT molecular complexity index is 1730. The third-order valence-electron chi connectivity index (χ3n) is 6.37. The van der Waals surface area contributed by atoms with E-state index >= 15 is 0 Å². The Morgan fingerprint density at radius 1 is 1.21 bits per heavy atom. The van der Waals surface area contributed by atoms with E-state index in [-0.39, 0.29) is 22.7 Å². The fraction of sp³-hybridized carbons (Fsp3) is 0.200. The van der Waals surface area contributed by atoms with E-state index in [1.807, 2.05) is 17.5 Å². The molecule has 1 N–H and O–H groups in total. The Morgan fingerprint density at radius 3 is 2.87 bits per heavy atom. The first kappa shape index (κ1) is 24.5. The summed E-state index contributed by atoms with van der Waals surface area (Å²) in [5, 5.41) is 14.1. The highest BCUT2D eigenvalue weighted by molar-refractivity contribution is 7.12. The molecule has 0 fully saturated rings. The van der Waals surface area contributed by atoms with Crippen LogP contribution in [0.1, 0.15) is 40.4 Å². The van der Waals surface area contributed by atoms with Crippen LogP contribution in [0, 0.1) is 0 Å². The minimum absolute atomic E-state index is 0.171. The number of ether oxygens (including phenoxy) is 1. The molecular formula is C25H19Cl2N7O3S. The summed E-state index contributed by atoms with van der Waals surface area (Å²) in [6.07, 6.45) is 2.84. The maximum atomic E-state index is 13.5. The Hall–Kier alpha value is -3.80. The molecule has 192 valence electrons. The lowest BCUT2D eigenvalue weighted by Gasteiger charge is -2.15. The molecule has 5 heterocycles. The number of imidazole rings is 1. The summed E-state index contributed by atoms with van der Waals surface area (Å²) in [4.78, 5) is 33.7. The van der Waals surface area contributed by atoms with Gasteiger partial charge in [0.25, 0.3) is 5.56 Å². The van der Waals surface area contributed by atoms with Crippen molar-refractivity contribution in [2.45, 2.75) is 25.8 Å². The van der Waals surface area contributed by atoms with Crippen LogP contribution in [0.25, 0.3) is 28.2 Å². The quantitative estimate of drug-likeness (QED) is 0.288. The van der Waals surface area contributed by atoms with Gasteiger partial charge in [0.05, 0.1) is 24.0 Å². The smallest absolute Gasteiger partial charge is 0.348 e. The number of hydrogen-bond donors (Lipinski definition) is 1. The van der Waals surface area contributed by atoms with Crippen LogP contribution in [-0.2, 0) is 11.2 Å². The van der Waals surface area contributed by atoms with Gasteiger partial charge in [-0.3, -0.25) is 4.79 Å². The van der Waals surface area contributed by atoms with Gasteiger partial charge in [0.1, 0.15) is 17.0 Å². The summed E-state index contributed by atoms with van der Waals surface area (Å²) in [5.41, 5.74) is 4.24. The molecule has 0 saturated heterocycles. The summed E-state index contributed by atoms with van der Waals surface area (Å²) >= 11 is 14.1.